The molecule has 0 heterocycles. The van der Waals surface area contributed by atoms with Crippen LogP contribution in [-0.2, 0) is 6.54 Å². The molecule has 4 nitrogen and oxygen atoms in total. The first-order valence-corrected chi connectivity index (χ1v) is 5.41. The van der Waals surface area contributed by atoms with E-state index in [1.54, 1.807) is 13.0 Å². The molecule has 16 heavy (non-hydrogen) atoms. The van der Waals surface area contributed by atoms with Crippen molar-refractivity contribution in [1.29, 1.82) is 0 Å². The van der Waals surface area contributed by atoms with Crippen LogP contribution in [0.1, 0.15) is 25.8 Å². The summed E-state index contributed by atoms with van der Waals surface area (Å²) in [7, 11) is 0. The summed E-state index contributed by atoms with van der Waals surface area (Å²) in [4.78, 5) is 0. The normalized spacial score (nSPS) is 14.7. The van der Waals surface area contributed by atoms with Gasteiger partial charge in [-0.05, 0) is 38.0 Å². The molecule has 4 heteroatoms. The summed E-state index contributed by atoms with van der Waals surface area (Å²) in [6, 6.07) is 4.94. The van der Waals surface area contributed by atoms with Gasteiger partial charge < -0.3 is 20.6 Å². The number of rotatable bonds is 5. The Balaban J connectivity index is 2.45. The van der Waals surface area contributed by atoms with E-state index in [-0.39, 0.29) is 23.6 Å². The zero-order chi connectivity index (χ0) is 12.1. The van der Waals surface area contributed by atoms with Crippen LogP contribution in [0.3, 0.4) is 0 Å². The third-order valence-electron chi connectivity index (χ3n) is 2.39. The fourth-order valence-electron chi connectivity index (χ4n) is 1.57. The Kier molecular flexibility index (Phi) is 4.58. The molecule has 2 unspecified atom stereocenters. The lowest BCUT2D eigenvalue weighted by Gasteiger charge is -2.15. The van der Waals surface area contributed by atoms with Gasteiger partial charge in [0.1, 0.15) is 0 Å². The summed E-state index contributed by atoms with van der Waals surface area (Å²) in [5.41, 5.74) is 0.896. The zero-order valence-corrected chi connectivity index (χ0v) is 9.64. The predicted octanol–water partition coefficient (Wildman–Crippen LogP) is 1.35. The lowest BCUT2D eigenvalue weighted by molar-refractivity contribution is 0.170. The largest absolute Gasteiger partial charge is 0.504 e. The highest BCUT2D eigenvalue weighted by molar-refractivity contribution is 5.40. The average Bonchev–Trinajstić information content (AvgIpc) is 2.19. The number of aliphatic hydroxyl groups excluding tert-OH is 1. The minimum atomic E-state index is -0.323. The number of hydrogen-bond acceptors (Lipinski definition) is 4. The van der Waals surface area contributed by atoms with Crippen molar-refractivity contribution >= 4 is 0 Å². The number of aliphatic hydroxyl groups is 1. The van der Waals surface area contributed by atoms with Gasteiger partial charge in [-0.2, -0.15) is 0 Å². The molecule has 1 aromatic carbocycles. The number of hydrogen-bond donors (Lipinski definition) is 4. The number of nitrogens with one attached hydrogen (secondary N) is 1. The topological polar surface area (TPSA) is 72.7 Å². The van der Waals surface area contributed by atoms with E-state index in [4.69, 9.17) is 5.11 Å². The number of benzene rings is 1. The second-order valence-electron chi connectivity index (χ2n) is 4.19. The van der Waals surface area contributed by atoms with Crippen molar-refractivity contribution in [2.45, 2.75) is 39.0 Å². The third-order valence-corrected chi connectivity index (χ3v) is 2.39. The van der Waals surface area contributed by atoms with Crippen LogP contribution in [0.5, 0.6) is 11.5 Å². The molecule has 0 fully saturated rings. The van der Waals surface area contributed by atoms with Gasteiger partial charge in [0.2, 0.25) is 0 Å². The second-order valence-corrected chi connectivity index (χ2v) is 4.19. The van der Waals surface area contributed by atoms with Gasteiger partial charge >= 0.3 is 0 Å². The van der Waals surface area contributed by atoms with Gasteiger partial charge in [-0.25, -0.2) is 0 Å². The van der Waals surface area contributed by atoms with Gasteiger partial charge in [-0.3, -0.25) is 0 Å². The molecule has 1 aromatic rings. The Morgan fingerprint density at radius 1 is 1.19 bits per heavy atom. The highest BCUT2D eigenvalue weighted by atomic mass is 16.3. The Bertz CT molecular complexity index is 339. The van der Waals surface area contributed by atoms with Crippen molar-refractivity contribution < 1.29 is 15.3 Å². The quantitative estimate of drug-likeness (QED) is 0.571. The van der Waals surface area contributed by atoms with Crippen molar-refractivity contribution in [2.75, 3.05) is 0 Å². The summed E-state index contributed by atoms with van der Waals surface area (Å²) in [5, 5.41) is 30.8. The van der Waals surface area contributed by atoms with Crippen LogP contribution in [-0.4, -0.2) is 27.5 Å². The summed E-state index contributed by atoms with van der Waals surface area (Å²) >= 11 is 0. The lowest BCUT2D eigenvalue weighted by atomic mass is 10.1. The number of phenolic OH excluding ortho intramolecular Hbond substituents is 2. The molecule has 0 aliphatic carbocycles. The molecular formula is C12H19NO3. The van der Waals surface area contributed by atoms with Gasteiger partial charge in [0.15, 0.2) is 11.5 Å². The Hall–Kier alpha value is -1.26. The highest BCUT2D eigenvalue weighted by Gasteiger charge is 2.06. The van der Waals surface area contributed by atoms with Gasteiger partial charge in [0.25, 0.3) is 0 Å². The predicted molar refractivity (Wildman–Crippen MR) is 62.4 cm³/mol. The van der Waals surface area contributed by atoms with E-state index >= 15 is 0 Å². The molecular weight excluding hydrogens is 206 g/mol. The lowest BCUT2D eigenvalue weighted by Crippen LogP contribution is -2.28. The molecule has 1 rings (SSSR count). The average molecular weight is 225 g/mol. The molecule has 0 saturated heterocycles. The molecule has 0 aromatic heterocycles. The number of aromatic hydroxyl groups is 2. The van der Waals surface area contributed by atoms with Crippen molar-refractivity contribution in [1.82, 2.24) is 5.32 Å². The van der Waals surface area contributed by atoms with E-state index in [0.717, 1.165) is 5.56 Å². The standard InChI is InChI=1S/C12H19NO3/c1-8(5-9(2)14)13-7-10-3-4-11(15)12(16)6-10/h3-4,6,8-9,13-16H,5,7H2,1-2H3. The van der Waals surface area contributed by atoms with Crippen LogP contribution in [0.25, 0.3) is 0 Å². The van der Waals surface area contributed by atoms with Crippen LogP contribution in [0.2, 0.25) is 0 Å². The minimum Gasteiger partial charge on any atom is -0.504 e. The maximum absolute atomic E-state index is 9.29. The van der Waals surface area contributed by atoms with E-state index < -0.39 is 0 Å². The van der Waals surface area contributed by atoms with Gasteiger partial charge in [-0.15, -0.1) is 0 Å². The molecule has 0 radical (unpaired) electrons. The van der Waals surface area contributed by atoms with Gasteiger partial charge in [0, 0.05) is 12.6 Å². The first-order chi connectivity index (χ1) is 7.49. The first kappa shape index (κ1) is 12.8. The van der Waals surface area contributed by atoms with Gasteiger partial charge in [-0.1, -0.05) is 6.07 Å². The molecule has 0 aliphatic heterocycles. The van der Waals surface area contributed by atoms with Crippen LogP contribution in [0.4, 0.5) is 0 Å². The molecule has 0 saturated carbocycles. The summed E-state index contributed by atoms with van der Waals surface area (Å²) in [6.07, 6.45) is 0.361. The van der Waals surface area contributed by atoms with Crippen LogP contribution in [0.15, 0.2) is 18.2 Å². The fourth-order valence-corrected chi connectivity index (χ4v) is 1.57. The second kappa shape index (κ2) is 5.72. The van der Waals surface area contributed by atoms with Crippen molar-refractivity contribution in [3.8, 4) is 11.5 Å². The van der Waals surface area contributed by atoms with Gasteiger partial charge in [0.05, 0.1) is 6.10 Å². The molecule has 0 spiro atoms. The van der Waals surface area contributed by atoms with E-state index in [1.807, 2.05) is 6.92 Å². The Morgan fingerprint density at radius 3 is 2.44 bits per heavy atom. The molecule has 0 amide bonds. The minimum absolute atomic E-state index is 0.109. The molecule has 90 valence electrons. The summed E-state index contributed by atoms with van der Waals surface area (Å²) in [6.45, 7) is 4.35. The molecule has 4 N–H and O–H groups in total. The maximum atomic E-state index is 9.29. The van der Waals surface area contributed by atoms with E-state index in [2.05, 4.69) is 5.32 Å². The summed E-state index contributed by atoms with van der Waals surface area (Å²) < 4.78 is 0. The van der Waals surface area contributed by atoms with Crippen molar-refractivity contribution in [3.63, 3.8) is 0 Å². The van der Waals surface area contributed by atoms with Crippen LogP contribution in [0, 0.1) is 0 Å². The monoisotopic (exact) mass is 225 g/mol. The maximum Gasteiger partial charge on any atom is 0.157 e. The van der Waals surface area contributed by atoms with Crippen LogP contribution >= 0.6 is 0 Å². The smallest absolute Gasteiger partial charge is 0.157 e. The first-order valence-electron chi connectivity index (χ1n) is 5.41. The third kappa shape index (κ3) is 4.08. The van der Waals surface area contributed by atoms with Crippen LogP contribution < -0.4 is 5.32 Å². The zero-order valence-electron chi connectivity index (χ0n) is 9.64. The Labute approximate surface area is 95.6 Å². The van der Waals surface area contributed by atoms with E-state index in [1.165, 1.54) is 12.1 Å². The highest BCUT2D eigenvalue weighted by Crippen LogP contribution is 2.24. The Morgan fingerprint density at radius 2 is 1.88 bits per heavy atom. The van der Waals surface area contributed by atoms with E-state index in [0.29, 0.717) is 13.0 Å². The van der Waals surface area contributed by atoms with E-state index in [9.17, 15) is 10.2 Å². The SMILES string of the molecule is CC(O)CC(C)NCc1ccc(O)c(O)c1. The molecule has 0 bridgehead atoms. The molecule has 0 aliphatic rings. The number of phenols is 2. The molecule has 2 atom stereocenters. The fraction of sp³-hybridized carbons (Fsp3) is 0.500. The van der Waals surface area contributed by atoms with Crippen molar-refractivity contribution in [3.05, 3.63) is 23.8 Å². The summed E-state index contributed by atoms with van der Waals surface area (Å²) in [5.74, 6) is -0.219. The van der Waals surface area contributed by atoms with Crippen molar-refractivity contribution in [2.24, 2.45) is 0 Å².